The second-order valence-electron chi connectivity index (χ2n) is 2.95. The van der Waals surface area contributed by atoms with Gasteiger partial charge in [0.1, 0.15) is 0 Å². The smallest absolute Gasteiger partial charge is 0.222 e. The van der Waals surface area contributed by atoms with E-state index in [-0.39, 0.29) is 0 Å². The van der Waals surface area contributed by atoms with Gasteiger partial charge >= 0.3 is 0 Å². The molecular weight excluding hydrogens is 263 g/mol. The molecule has 0 unspecified atom stereocenters. The van der Waals surface area contributed by atoms with Crippen LogP contribution in [-0.2, 0) is 6.42 Å². The summed E-state index contributed by atoms with van der Waals surface area (Å²) in [7, 11) is 0. The normalized spacial score (nSPS) is 10.8. The summed E-state index contributed by atoms with van der Waals surface area (Å²) in [4.78, 5) is 8.35. The van der Waals surface area contributed by atoms with Crippen LogP contribution in [0.2, 0.25) is 5.28 Å². The quantitative estimate of drug-likeness (QED) is 0.741. The third kappa shape index (κ3) is 1.74. The Bertz CT molecular complexity index is 485. The zero-order valence-corrected chi connectivity index (χ0v) is 9.93. The first kappa shape index (κ1) is 9.87. The Hall–Kier alpha value is -0.670. The summed E-state index contributed by atoms with van der Waals surface area (Å²) >= 11 is 9.23. The fraction of sp³-hybridized carbons (Fsp3) is 0.200. The first-order valence-electron chi connectivity index (χ1n) is 4.32. The molecule has 2 aromatic rings. The van der Waals surface area contributed by atoms with Crippen molar-refractivity contribution in [2.24, 2.45) is 0 Å². The van der Waals surface area contributed by atoms with Crippen LogP contribution in [-0.4, -0.2) is 9.97 Å². The van der Waals surface area contributed by atoms with Gasteiger partial charge in [-0.15, -0.1) is 0 Å². The molecule has 4 heteroatoms. The van der Waals surface area contributed by atoms with E-state index in [2.05, 4.69) is 32.8 Å². The molecule has 0 amide bonds. The van der Waals surface area contributed by atoms with E-state index >= 15 is 0 Å². The SMILES string of the molecule is CCc1nc(Cl)nc2ccc(Br)cc12. The Morgan fingerprint density at radius 1 is 1.36 bits per heavy atom. The number of nitrogens with zero attached hydrogens (tertiary/aromatic N) is 2. The van der Waals surface area contributed by atoms with Gasteiger partial charge in [-0.2, -0.15) is 0 Å². The summed E-state index contributed by atoms with van der Waals surface area (Å²) < 4.78 is 1.03. The van der Waals surface area contributed by atoms with Crippen molar-refractivity contribution >= 4 is 38.4 Å². The molecule has 1 aromatic carbocycles. The summed E-state index contributed by atoms with van der Waals surface area (Å²) in [5.41, 5.74) is 1.88. The highest BCUT2D eigenvalue weighted by Gasteiger charge is 2.04. The van der Waals surface area contributed by atoms with Crippen molar-refractivity contribution in [2.75, 3.05) is 0 Å². The third-order valence-electron chi connectivity index (χ3n) is 2.04. The number of benzene rings is 1. The molecule has 0 aliphatic rings. The number of rotatable bonds is 1. The lowest BCUT2D eigenvalue weighted by molar-refractivity contribution is 1.03. The largest absolute Gasteiger partial charge is 0.223 e. The zero-order valence-electron chi connectivity index (χ0n) is 7.59. The van der Waals surface area contributed by atoms with E-state index in [1.54, 1.807) is 0 Å². The van der Waals surface area contributed by atoms with Crippen molar-refractivity contribution in [3.05, 3.63) is 33.6 Å². The number of aryl methyl sites for hydroxylation is 1. The molecule has 0 bridgehead atoms. The lowest BCUT2D eigenvalue weighted by Crippen LogP contribution is -1.93. The van der Waals surface area contributed by atoms with Crippen molar-refractivity contribution < 1.29 is 0 Å². The van der Waals surface area contributed by atoms with Crippen LogP contribution < -0.4 is 0 Å². The Kier molecular flexibility index (Phi) is 2.70. The molecule has 0 N–H and O–H groups in total. The minimum atomic E-state index is 0.316. The molecule has 72 valence electrons. The van der Waals surface area contributed by atoms with E-state index < -0.39 is 0 Å². The molecule has 0 atom stereocenters. The Balaban J connectivity index is 2.81. The summed E-state index contributed by atoms with van der Waals surface area (Å²) in [5.74, 6) is 0. The maximum Gasteiger partial charge on any atom is 0.223 e. The van der Waals surface area contributed by atoms with Gasteiger partial charge < -0.3 is 0 Å². The molecule has 0 saturated heterocycles. The lowest BCUT2D eigenvalue weighted by atomic mass is 10.1. The minimum absolute atomic E-state index is 0.316. The monoisotopic (exact) mass is 270 g/mol. The van der Waals surface area contributed by atoms with Gasteiger partial charge in [0.25, 0.3) is 0 Å². The predicted octanol–water partition coefficient (Wildman–Crippen LogP) is 3.61. The first-order chi connectivity index (χ1) is 6.70. The van der Waals surface area contributed by atoms with E-state index in [9.17, 15) is 0 Å². The van der Waals surface area contributed by atoms with Gasteiger partial charge in [0.15, 0.2) is 0 Å². The standard InChI is InChI=1S/C10H8BrClN2/c1-2-8-7-5-6(11)3-4-9(7)14-10(12)13-8/h3-5H,2H2,1H3. The Morgan fingerprint density at radius 3 is 2.86 bits per heavy atom. The molecule has 1 heterocycles. The van der Waals surface area contributed by atoms with Crippen LogP contribution in [0.1, 0.15) is 12.6 Å². The molecule has 0 aliphatic heterocycles. The number of halogens is 2. The molecule has 2 rings (SSSR count). The van der Waals surface area contributed by atoms with Gasteiger partial charge in [-0.3, -0.25) is 0 Å². The number of hydrogen-bond donors (Lipinski definition) is 0. The van der Waals surface area contributed by atoms with E-state index in [0.29, 0.717) is 5.28 Å². The third-order valence-corrected chi connectivity index (χ3v) is 2.71. The van der Waals surface area contributed by atoms with Gasteiger partial charge in [0.2, 0.25) is 5.28 Å². The molecular formula is C10H8BrClN2. The molecule has 0 fully saturated rings. The fourth-order valence-electron chi connectivity index (χ4n) is 1.40. The van der Waals surface area contributed by atoms with Crippen LogP contribution >= 0.6 is 27.5 Å². The maximum absolute atomic E-state index is 5.81. The number of hydrogen-bond acceptors (Lipinski definition) is 2. The molecule has 1 aromatic heterocycles. The van der Waals surface area contributed by atoms with Gasteiger partial charge in [0.05, 0.1) is 11.2 Å². The van der Waals surface area contributed by atoms with Crippen molar-refractivity contribution in [3.63, 3.8) is 0 Å². The Labute approximate surface area is 95.5 Å². The molecule has 14 heavy (non-hydrogen) atoms. The van der Waals surface area contributed by atoms with Gasteiger partial charge in [-0.25, -0.2) is 9.97 Å². The molecule has 2 nitrogen and oxygen atoms in total. The summed E-state index contributed by atoms with van der Waals surface area (Å²) in [6.45, 7) is 2.05. The highest BCUT2D eigenvalue weighted by Crippen LogP contribution is 2.22. The summed E-state index contributed by atoms with van der Waals surface area (Å²) in [6, 6.07) is 5.90. The van der Waals surface area contributed by atoms with Crippen molar-refractivity contribution in [1.82, 2.24) is 9.97 Å². The highest BCUT2D eigenvalue weighted by atomic mass is 79.9. The molecule has 0 aliphatic carbocycles. The first-order valence-corrected chi connectivity index (χ1v) is 5.49. The summed E-state index contributed by atoms with van der Waals surface area (Å²) in [5, 5.41) is 1.38. The van der Waals surface area contributed by atoms with Crippen LogP contribution in [0.4, 0.5) is 0 Å². The van der Waals surface area contributed by atoms with Crippen LogP contribution in [0.15, 0.2) is 22.7 Å². The van der Waals surface area contributed by atoms with Crippen LogP contribution in [0.25, 0.3) is 10.9 Å². The highest BCUT2D eigenvalue weighted by molar-refractivity contribution is 9.10. The number of aromatic nitrogens is 2. The van der Waals surface area contributed by atoms with E-state index in [0.717, 1.165) is 27.5 Å². The molecule has 0 spiro atoms. The van der Waals surface area contributed by atoms with Crippen molar-refractivity contribution in [2.45, 2.75) is 13.3 Å². The van der Waals surface area contributed by atoms with E-state index in [1.807, 2.05) is 18.2 Å². The molecule has 0 radical (unpaired) electrons. The predicted molar refractivity (Wildman–Crippen MR) is 61.6 cm³/mol. The van der Waals surface area contributed by atoms with Crippen molar-refractivity contribution in [1.29, 1.82) is 0 Å². The van der Waals surface area contributed by atoms with Gasteiger partial charge in [-0.05, 0) is 36.2 Å². The van der Waals surface area contributed by atoms with Crippen LogP contribution in [0, 0.1) is 0 Å². The van der Waals surface area contributed by atoms with E-state index in [4.69, 9.17) is 11.6 Å². The maximum atomic E-state index is 5.81. The van der Waals surface area contributed by atoms with Crippen LogP contribution in [0.5, 0.6) is 0 Å². The number of fused-ring (bicyclic) bond motifs is 1. The van der Waals surface area contributed by atoms with Crippen molar-refractivity contribution in [3.8, 4) is 0 Å². The fourth-order valence-corrected chi connectivity index (χ4v) is 1.96. The average Bonchev–Trinajstić information content (AvgIpc) is 2.17. The second kappa shape index (κ2) is 3.83. The van der Waals surface area contributed by atoms with Crippen LogP contribution in [0.3, 0.4) is 0 Å². The molecule has 0 saturated carbocycles. The van der Waals surface area contributed by atoms with Gasteiger partial charge in [0, 0.05) is 9.86 Å². The zero-order chi connectivity index (χ0) is 10.1. The topological polar surface area (TPSA) is 25.8 Å². The minimum Gasteiger partial charge on any atom is -0.222 e. The Morgan fingerprint density at radius 2 is 2.14 bits per heavy atom. The second-order valence-corrected chi connectivity index (χ2v) is 4.21. The summed E-state index contributed by atoms with van der Waals surface area (Å²) in [6.07, 6.45) is 0.856. The lowest BCUT2D eigenvalue weighted by Gasteiger charge is -2.03. The van der Waals surface area contributed by atoms with E-state index in [1.165, 1.54) is 0 Å². The van der Waals surface area contributed by atoms with Gasteiger partial charge in [-0.1, -0.05) is 22.9 Å². The average molecular weight is 272 g/mol.